The number of aromatic nitrogens is 1. The standard InChI is InChI=1S/C20H34N6S.HI/c1-4-25-9-11-26(12-10-25)18-7-6-17(14-22-18)15-23-19(21-3)24-16-20(2)8-5-13-27-20;/h6-7,14H,4-5,8-13,15-16H2,1-3H3,(H2,21,23,24);1H. The van der Waals surface area contributed by atoms with E-state index in [9.17, 15) is 0 Å². The summed E-state index contributed by atoms with van der Waals surface area (Å²) in [7, 11) is 1.83. The van der Waals surface area contributed by atoms with Crippen LogP contribution in [-0.2, 0) is 6.54 Å². The molecule has 28 heavy (non-hydrogen) atoms. The molecule has 0 aliphatic carbocycles. The van der Waals surface area contributed by atoms with Crippen LogP contribution in [0.3, 0.4) is 0 Å². The third-order valence-electron chi connectivity index (χ3n) is 5.57. The van der Waals surface area contributed by atoms with Gasteiger partial charge in [-0.15, -0.1) is 24.0 Å². The molecular weight excluding hydrogens is 483 g/mol. The molecule has 3 heterocycles. The van der Waals surface area contributed by atoms with E-state index in [1.54, 1.807) is 0 Å². The van der Waals surface area contributed by atoms with Gasteiger partial charge in [-0.3, -0.25) is 4.99 Å². The SMILES string of the molecule is CCN1CCN(c2ccc(CNC(=NC)NCC3(C)CCCS3)cn2)CC1.I. The quantitative estimate of drug-likeness (QED) is 0.343. The van der Waals surface area contributed by atoms with Crippen molar-refractivity contribution < 1.29 is 0 Å². The average molecular weight is 519 g/mol. The normalized spacial score (nSPS) is 23.4. The maximum Gasteiger partial charge on any atom is 0.191 e. The van der Waals surface area contributed by atoms with Gasteiger partial charge < -0.3 is 20.4 Å². The van der Waals surface area contributed by atoms with Gasteiger partial charge in [-0.25, -0.2) is 4.98 Å². The van der Waals surface area contributed by atoms with Crippen molar-refractivity contribution >= 4 is 47.5 Å². The van der Waals surface area contributed by atoms with E-state index in [1.807, 2.05) is 13.2 Å². The Morgan fingerprint density at radius 1 is 1.25 bits per heavy atom. The number of rotatable bonds is 6. The van der Waals surface area contributed by atoms with E-state index in [2.05, 4.69) is 68.2 Å². The highest BCUT2D eigenvalue weighted by atomic mass is 127. The first-order valence-electron chi connectivity index (χ1n) is 10.1. The number of hydrogen-bond acceptors (Lipinski definition) is 5. The van der Waals surface area contributed by atoms with Crippen molar-refractivity contribution in [3.05, 3.63) is 23.9 Å². The molecule has 0 aromatic carbocycles. The fourth-order valence-electron chi connectivity index (χ4n) is 3.65. The number of aliphatic imine (C=N–C) groups is 1. The van der Waals surface area contributed by atoms with Gasteiger partial charge in [0.15, 0.2) is 5.96 Å². The Bertz CT molecular complexity index is 610. The molecule has 1 aromatic rings. The molecule has 2 aliphatic heterocycles. The van der Waals surface area contributed by atoms with Crippen molar-refractivity contribution in [3.63, 3.8) is 0 Å². The summed E-state index contributed by atoms with van der Waals surface area (Å²) in [6, 6.07) is 4.31. The van der Waals surface area contributed by atoms with E-state index >= 15 is 0 Å². The second-order valence-electron chi connectivity index (χ2n) is 7.63. The lowest BCUT2D eigenvalue weighted by atomic mass is 10.1. The molecule has 0 spiro atoms. The molecule has 158 valence electrons. The van der Waals surface area contributed by atoms with E-state index in [0.717, 1.165) is 57.6 Å². The highest BCUT2D eigenvalue weighted by molar-refractivity contribution is 14.0. The van der Waals surface area contributed by atoms with Crippen LogP contribution in [0, 0.1) is 0 Å². The van der Waals surface area contributed by atoms with Crippen molar-refractivity contribution in [2.45, 2.75) is 38.0 Å². The predicted octanol–water partition coefficient (Wildman–Crippen LogP) is 2.79. The van der Waals surface area contributed by atoms with Crippen molar-refractivity contribution in [2.75, 3.05) is 57.0 Å². The summed E-state index contributed by atoms with van der Waals surface area (Å²) in [4.78, 5) is 13.9. The molecular formula is C20H35IN6S. The molecule has 2 N–H and O–H groups in total. The van der Waals surface area contributed by atoms with Crippen LogP contribution in [0.2, 0.25) is 0 Å². The largest absolute Gasteiger partial charge is 0.355 e. The van der Waals surface area contributed by atoms with Crippen molar-refractivity contribution in [1.29, 1.82) is 0 Å². The predicted molar refractivity (Wildman–Crippen MR) is 132 cm³/mol. The number of guanidine groups is 1. The van der Waals surface area contributed by atoms with Crippen LogP contribution in [0.1, 0.15) is 32.3 Å². The van der Waals surface area contributed by atoms with Gasteiger partial charge in [0.2, 0.25) is 0 Å². The van der Waals surface area contributed by atoms with Gasteiger partial charge in [-0.1, -0.05) is 13.0 Å². The van der Waals surface area contributed by atoms with Crippen LogP contribution >= 0.6 is 35.7 Å². The topological polar surface area (TPSA) is 55.8 Å². The fourth-order valence-corrected chi connectivity index (χ4v) is 4.90. The van der Waals surface area contributed by atoms with Crippen LogP contribution in [-0.4, -0.2) is 72.7 Å². The van der Waals surface area contributed by atoms with E-state index in [1.165, 1.54) is 24.2 Å². The van der Waals surface area contributed by atoms with Gasteiger partial charge in [-0.2, -0.15) is 11.8 Å². The van der Waals surface area contributed by atoms with Gasteiger partial charge in [-0.05, 0) is 43.7 Å². The molecule has 1 aromatic heterocycles. The number of thioether (sulfide) groups is 1. The molecule has 0 saturated carbocycles. The second kappa shape index (κ2) is 11.4. The molecule has 0 radical (unpaired) electrons. The molecule has 0 bridgehead atoms. The molecule has 2 fully saturated rings. The summed E-state index contributed by atoms with van der Waals surface area (Å²) < 4.78 is 0.336. The number of nitrogens with zero attached hydrogens (tertiary/aromatic N) is 4. The Morgan fingerprint density at radius 2 is 2.04 bits per heavy atom. The van der Waals surface area contributed by atoms with Gasteiger partial charge in [0.05, 0.1) is 0 Å². The number of piperazine rings is 1. The summed E-state index contributed by atoms with van der Waals surface area (Å²) in [5.41, 5.74) is 1.18. The third-order valence-corrected chi connectivity index (χ3v) is 7.10. The zero-order valence-electron chi connectivity index (χ0n) is 17.4. The molecule has 2 saturated heterocycles. The lowest BCUT2D eigenvalue weighted by molar-refractivity contribution is 0.270. The molecule has 2 aliphatic rings. The minimum absolute atomic E-state index is 0. The molecule has 3 rings (SSSR count). The summed E-state index contributed by atoms with van der Waals surface area (Å²) in [6.07, 6.45) is 4.58. The first kappa shape index (κ1) is 23.5. The molecule has 1 atom stereocenters. The van der Waals surface area contributed by atoms with Gasteiger partial charge >= 0.3 is 0 Å². The minimum atomic E-state index is 0. The Kier molecular flexibility index (Phi) is 9.62. The molecule has 1 unspecified atom stereocenters. The number of pyridine rings is 1. The zero-order chi connectivity index (χ0) is 19.1. The average Bonchev–Trinajstić information content (AvgIpc) is 3.15. The Balaban J connectivity index is 0.00000280. The van der Waals surface area contributed by atoms with Crippen LogP contribution in [0.15, 0.2) is 23.3 Å². The highest BCUT2D eigenvalue weighted by Gasteiger charge is 2.29. The Labute approximate surface area is 191 Å². The summed E-state index contributed by atoms with van der Waals surface area (Å²) in [5.74, 6) is 3.22. The maximum absolute atomic E-state index is 4.68. The van der Waals surface area contributed by atoms with E-state index in [0.29, 0.717) is 4.75 Å². The lowest BCUT2D eigenvalue weighted by Crippen LogP contribution is -2.46. The molecule has 6 nitrogen and oxygen atoms in total. The molecule has 0 amide bonds. The van der Waals surface area contributed by atoms with Crippen molar-refractivity contribution in [2.24, 2.45) is 4.99 Å². The van der Waals surface area contributed by atoms with Crippen LogP contribution in [0.5, 0.6) is 0 Å². The third kappa shape index (κ3) is 6.66. The summed E-state index contributed by atoms with van der Waals surface area (Å²) >= 11 is 2.07. The zero-order valence-corrected chi connectivity index (χ0v) is 20.6. The number of hydrogen-bond donors (Lipinski definition) is 2. The molecule has 8 heteroatoms. The van der Waals surface area contributed by atoms with Crippen molar-refractivity contribution in [3.8, 4) is 0 Å². The number of anilines is 1. The highest BCUT2D eigenvalue weighted by Crippen LogP contribution is 2.36. The van der Waals surface area contributed by atoms with Crippen LogP contribution in [0.25, 0.3) is 0 Å². The summed E-state index contributed by atoms with van der Waals surface area (Å²) in [5, 5.41) is 6.89. The second-order valence-corrected chi connectivity index (χ2v) is 9.31. The van der Waals surface area contributed by atoms with Gasteiger partial charge in [0.25, 0.3) is 0 Å². The number of likely N-dealkylation sites (N-methyl/N-ethyl adjacent to an activating group) is 1. The van der Waals surface area contributed by atoms with E-state index < -0.39 is 0 Å². The Morgan fingerprint density at radius 3 is 2.61 bits per heavy atom. The fraction of sp³-hybridized carbons (Fsp3) is 0.700. The number of nitrogens with one attached hydrogen (secondary N) is 2. The first-order chi connectivity index (χ1) is 13.1. The number of halogens is 1. The van der Waals surface area contributed by atoms with Crippen molar-refractivity contribution in [1.82, 2.24) is 20.5 Å². The van der Waals surface area contributed by atoms with E-state index in [4.69, 9.17) is 0 Å². The smallest absolute Gasteiger partial charge is 0.191 e. The first-order valence-corrected chi connectivity index (χ1v) is 11.1. The maximum atomic E-state index is 4.68. The monoisotopic (exact) mass is 518 g/mol. The van der Waals surface area contributed by atoms with Gasteiger partial charge in [0.1, 0.15) is 5.82 Å². The minimum Gasteiger partial charge on any atom is -0.355 e. The van der Waals surface area contributed by atoms with Crippen LogP contribution in [0.4, 0.5) is 5.82 Å². The lowest BCUT2D eigenvalue weighted by Gasteiger charge is -2.34. The summed E-state index contributed by atoms with van der Waals surface area (Å²) in [6.45, 7) is 11.8. The Hall–Kier alpha value is -0.740. The van der Waals surface area contributed by atoms with Gasteiger partial charge in [0, 0.05) is 57.3 Å². The van der Waals surface area contributed by atoms with E-state index in [-0.39, 0.29) is 24.0 Å². The van der Waals surface area contributed by atoms with Crippen LogP contribution < -0.4 is 15.5 Å².